The van der Waals surface area contributed by atoms with Crippen molar-refractivity contribution < 1.29 is 4.79 Å². The molecular weight excluding hydrogens is 382 g/mol. The van der Waals surface area contributed by atoms with Crippen LogP contribution in [0.1, 0.15) is 40.9 Å². The summed E-state index contributed by atoms with van der Waals surface area (Å²) in [5, 5.41) is 0.992. The molecule has 4 aromatic rings. The lowest BCUT2D eigenvalue weighted by molar-refractivity contribution is 0.101. The highest BCUT2D eigenvalue weighted by Gasteiger charge is 2.36. The topological polar surface area (TPSA) is 45.6 Å². The van der Waals surface area contributed by atoms with Gasteiger partial charge in [0.25, 0.3) is 5.91 Å². The lowest BCUT2D eigenvalue weighted by Gasteiger charge is -2.20. The van der Waals surface area contributed by atoms with Gasteiger partial charge in [-0.15, -0.1) is 0 Å². The standard InChI is InChI=1S/C27H23N3O/c1-3-18-10-7-11-19(4-2)24(18)29-26-21-14-5-6-15-22(21)27(31)30(26)23-16-8-12-20-13-9-17-28-25(20)23/h5-17H,3-4H2,1-2H3. The number of anilines is 1. The number of aliphatic imine (C=N–C) groups is 1. The van der Waals surface area contributed by atoms with E-state index in [1.165, 1.54) is 11.1 Å². The van der Waals surface area contributed by atoms with Gasteiger partial charge < -0.3 is 0 Å². The molecule has 3 aromatic carbocycles. The normalized spacial score (nSPS) is 14.5. The molecule has 0 radical (unpaired) electrons. The monoisotopic (exact) mass is 405 g/mol. The molecule has 0 fully saturated rings. The number of amides is 1. The van der Waals surface area contributed by atoms with Gasteiger partial charge in [0.05, 0.1) is 22.5 Å². The van der Waals surface area contributed by atoms with E-state index in [0.717, 1.165) is 40.7 Å². The number of pyridine rings is 1. The number of hydrogen-bond acceptors (Lipinski definition) is 3. The Kier molecular flexibility index (Phi) is 4.83. The number of para-hydroxylation sites is 2. The van der Waals surface area contributed by atoms with Crippen LogP contribution in [0.2, 0.25) is 0 Å². The lowest BCUT2D eigenvalue weighted by atomic mass is 10.0. The predicted octanol–water partition coefficient (Wildman–Crippen LogP) is 6.10. The lowest BCUT2D eigenvalue weighted by Crippen LogP contribution is -2.30. The van der Waals surface area contributed by atoms with Crippen LogP contribution in [0, 0.1) is 0 Å². The molecule has 0 atom stereocenters. The van der Waals surface area contributed by atoms with Crippen LogP contribution in [0.3, 0.4) is 0 Å². The smallest absolute Gasteiger partial charge is 0.264 e. The first kappa shape index (κ1) is 19.2. The molecule has 0 aliphatic carbocycles. The quantitative estimate of drug-likeness (QED) is 0.412. The van der Waals surface area contributed by atoms with Crippen LogP contribution in [0.15, 0.2) is 84.0 Å². The third kappa shape index (κ3) is 3.12. The Labute approximate surface area is 181 Å². The molecule has 152 valence electrons. The van der Waals surface area contributed by atoms with E-state index in [1.54, 1.807) is 11.1 Å². The maximum atomic E-state index is 13.6. The zero-order valence-corrected chi connectivity index (χ0v) is 17.7. The van der Waals surface area contributed by atoms with Gasteiger partial charge in [0.1, 0.15) is 5.84 Å². The Morgan fingerprint density at radius 3 is 2.23 bits per heavy atom. The molecule has 2 heterocycles. The largest absolute Gasteiger partial charge is 0.268 e. The van der Waals surface area contributed by atoms with Crippen LogP contribution in [0.25, 0.3) is 10.9 Å². The first-order chi connectivity index (χ1) is 15.2. The van der Waals surface area contributed by atoms with Gasteiger partial charge in [-0.1, -0.05) is 68.4 Å². The molecule has 1 aliphatic rings. The number of hydrogen-bond donors (Lipinski definition) is 0. The van der Waals surface area contributed by atoms with Crippen molar-refractivity contribution in [1.82, 2.24) is 4.98 Å². The molecule has 1 amide bonds. The fraction of sp³-hybridized carbons (Fsp3) is 0.148. The first-order valence-electron chi connectivity index (χ1n) is 10.7. The summed E-state index contributed by atoms with van der Waals surface area (Å²) in [5.41, 5.74) is 6.39. The van der Waals surface area contributed by atoms with E-state index in [0.29, 0.717) is 11.4 Å². The van der Waals surface area contributed by atoms with Crippen molar-refractivity contribution in [2.45, 2.75) is 26.7 Å². The van der Waals surface area contributed by atoms with Crippen molar-refractivity contribution in [2.75, 3.05) is 4.90 Å². The summed E-state index contributed by atoms with van der Waals surface area (Å²) >= 11 is 0. The summed E-state index contributed by atoms with van der Waals surface area (Å²) in [7, 11) is 0. The molecular formula is C27H23N3O. The minimum absolute atomic E-state index is 0.0699. The van der Waals surface area contributed by atoms with E-state index in [9.17, 15) is 4.79 Å². The number of amidine groups is 1. The van der Waals surface area contributed by atoms with Gasteiger partial charge in [-0.05, 0) is 42.2 Å². The molecule has 0 unspecified atom stereocenters. The minimum Gasteiger partial charge on any atom is -0.268 e. The molecule has 31 heavy (non-hydrogen) atoms. The average Bonchev–Trinajstić information content (AvgIpc) is 3.10. The molecule has 0 spiro atoms. The Hall–Kier alpha value is -3.79. The molecule has 1 aliphatic heterocycles. The van der Waals surface area contributed by atoms with E-state index in [4.69, 9.17) is 4.99 Å². The number of aryl methyl sites for hydroxylation is 2. The van der Waals surface area contributed by atoms with Gasteiger partial charge >= 0.3 is 0 Å². The summed E-state index contributed by atoms with van der Waals surface area (Å²) in [5.74, 6) is 0.592. The van der Waals surface area contributed by atoms with Gasteiger partial charge in [-0.2, -0.15) is 0 Å². The molecule has 4 nitrogen and oxygen atoms in total. The van der Waals surface area contributed by atoms with Crippen molar-refractivity contribution in [3.63, 3.8) is 0 Å². The highest BCUT2D eigenvalue weighted by Crippen LogP contribution is 2.35. The molecule has 0 N–H and O–H groups in total. The fourth-order valence-corrected chi connectivity index (χ4v) is 4.27. The van der Waals surface area contributed by atoms with Crippen LogP contribution in [0.5, 0.6) is 0 Å². The number of rotatable bonds is 4. The fourth-order valence-electron chi connectivity index (χ4n) is 4.27. The third-order valence-electron chi connectivity index (χ3n) is 5.85. The molecule has 0 bridgehead atoms. The van der Waals surface area contributed by atoms with Crippen LogP contribution in [-0.4, -0.2) is 16.7 Å². The van der Waals surface area contributed by atoms with Gasteiger partial charge in [-0.25, -0.2) is 4.99 Å². The highest BCUT2D eigenvalue weighted by molar-refractivity contribution is 6.37. The van der Waals surface area contributed by atoms with E-state index < -0.39 is 0 Å². The summed E-state index contributed by atoms with van der Waals surface area (Å²) in [6.45, 7) is 4.27. The molecule has 0 saturated carbocycles. The zero-order chi connectivity index (χ0) is 21.4. The number of carbonyl (C=O) groups excluding carboxylic acids is 1. The van der Waals surface area contributed by atoms with E-state index in [1.807, 2.05) is 54.6 Å². The van der Waals surface area contributed by atoms with E-state index in [-0.39, 0.29) is 5.91 Å². The summed E-state index contributed by atoms with van der Waals surface area (Å²) in [4.78, 5) is 25.0. The van der Waals surface area contributed by atoms with E-state index >= 15 is 0 Å². The van der Waals surface area contributed by atoms with Crippen molar-refractivity contribution in [3.05, 3.63) is 101 Å². The molecule has 1 aromatic heterocycles. The van der Waals surface area contributed by atoms with Gasteiger partial charge in [0, 0.05) is 17.1 Å². The second kappa shape index (κ2) is 7.80. The third-order valence-corrected chi connectivity index (χ3v) is 5.85. The highest BCUT2D eigenvalue weighted by atomic mass is 16.2. The van der Waals surface area contributed by atoms with Crippen molar-refractivity contribution in [2.24, 2.45) is 4.99 Å². The maximum absolute atomic E-state index is 13.6. The van der Waals surface area contributed by atoms with Crippen molar-refractivity contribution in [1.29, 1.82) is 0 Å². The van der Waals surface area contributed by atoms with Crippen LogP contribution < -0.4 is 4.90 Å². The van der Waals surface area contributed by atoms with Crippen LogP contribution in [-0.2, 0) is 12.8 Å². The number of benzene rings is 3. The zero-order valence-electron chi connectivity index (χ0n) is 17.7. The second-order valence-electron chi connectivity index (χ2n) is 7.61. The SMILES string of the molecule is CCc1cccc(CC)c1N=C1c2ccccc2C(=O)N1c1cccc2cccnc12. The predicted molar refractivity (Wildman–Crippen MR) is 126 cm³/mol. The Morgan fingerprint density at radius 2 is 1.48 bits per heavy atom. The Bertz CT molecular complexity index is 1310. The van der Waals surface area contributed by atoms with Gasteiger partial charge in [0.15, 0.2) is 0 Å². The maximum Gasteiger partial charge on any atom is 0.264 e. The van der Waals surface area contributed by atoms with Crippen LogP contribution in [0.4, 0.5) is 11.4 Å². The van der Waals surface area contributed by atoms with Crippen molar-refractivity contribution >= 4 is 34.0 Å². The van der Waals surface area contributed by atoms with Gasteiger partial charge in [0.2, 0.25) is 0 Å². The first-order valence-corrected chi connectivity index (χ1v) is 10.7. The summed E-state index contributed by atoms with van der Waals surface area (Å²) in [6.07, 6.45) is 3.52. The number of carbonyl (C=O) groups is 1. The molecule has 4 heteroatoms. The van der Waals surface area contributed by atoms with Crippen molar-refractivity contribution in [3.8, 4) is 0 Å². The Morgan fingerprint density at radius 1 is 0.806 bits per heavy atom. The second-order valence-corrected chi connectivity index (χ2v) is 7.61. The van der Waals surface area contributed by atoms with E-state index in [2.05, 4.69) is 37.0 Å². The average molecular weight is 406 g/mol. The molecule has 5 rings (SSSR count). The van der Waals surface area contributed by atoms with Crippen LogP contribution >= 0.6 is 0 Å². The molecule has 0 saturated heterocycles. The summed E-state index contributed by atoms with van der Waals surface area (Å²) in [6, 6.07) is 23.9. The number of nitrogens with zero attached hydrogens (tertiary/aromatic N) is 3. The minimum atomic E-state index is -0.0699. The summed E-state index contributed by atoms with van der Waals surface area (Å²) < 4.78 is 0. The Balaban J connectivity index is 1.80. The number of aromatic nitrogens is 1. The van der Waals surface area contributed by atoms with Gasteiger partial charge in [-0.3, -0.25) is 14.7 Å². The number of fused-ring (bicyclic) bond motifs is 2.